The number of hydrogen-bond donors (Lipinski definition) is 0. The van der Waals surface area contributed by atoms with Crippen LogP contribution in [0.4, 0.5) is 0 Å². The Morgan fingerprint density at radius 2 is 1.95 bits per heavy atom. The monoisotopic (exact) mass is 295 g/mol. The van der Waals surface area contributed by atoms with Gasteiger partial charge in [-0.25, -0.2) is 9.79 Å². The van der Waals surface area contributed by atoms with E-state index in [9.17, 15) is 4.79 Å². The molecule has 1 aromatic heterocycles. The van der Waals surface area contributed by atoms with Gasteiger partial charge >= 0.3 is 5.97 Å². The van der Waals surface area contributed by atoms with Crippen LogP contribution in [0.1, 0.15) is 36.6 Å². The van der Waals surface area contributed by atoms with E-state index >= 15 is 0 Å². The number of cyclic esters (lactones) is 1. The topological polar surface area (TPSA) is 56.5 Å². The number of esters is 1. The van der Waals surface area contributed by atoms with Crippen molar-refractivity contribution in [3.05, 3.63) is 59.0 Å². The van der Waals surface area contributed by atoms with Gasteiger partial charge in [-0.2, -0.15) is 5.10 Å². The third-order valence-corrected chi connectivity index (χ3v) is 3.37. The standard InChI is InChI=1S/C17H17N3O2/c1-11(2)15-13(10-20(3)19-15)9-14-17(21)22-16(18-14)12-7-5-4-6-8-12/h4-11H,1-3H3/b14-9-. The summed E-state index contributed by atoms with van der Waals surface area (Å²) in [5.41, 5.74) is 2.91. The van der Waals surface area contributed by atoms with Crippen LogP contribution in [0.15, 0.2) is 47.2 Å². The normalized spacial score (nSPS) is 16.3. The van der Waals surface area contributed by atoms with Gasteiger partial charge in [0.05, 0.1) is 5.69 Å². The van der Waals surface area contributed by atoms with Crippen molar-refractivity contribution < 1.29 is 9.53 Å². The maximum absolute atomic E-state index is 12.0. The SMILES string of the molecule is CC(C)c1nn(C)cc1/C=C1\N=C(c2ccccc2)OC1=O. The summed E-state index contributed by atoms with van der Waals surface area (Å²) in [5, 5.41) is 4.43. The molecule has 0 radical (unpaired) electrons. The number of aryl methyl sites for hydroxylation is 1. The van der Waals surface area contributed by atoms with Crippen LogP contribution in [0.5, 0.6) is 0 Å². The van der Waals surface area contributed by atoms with Crippen molar-refractivity contribution in [2.24, 2.45) is 12.0 Å². The Kier molecular flexibility index (Phi) is 3.63. The third-order valence-electron chi connectivity index (χ3n) is 3.37. The number of rotatable bonds is 3. The van der Waals surface area contributed by atoms with Crippen LogP contribution in [-0.4, -0.2) is 21.6 Å². The van der Waals surface area contributed by atoms with Crippen LogP contribution >= 0.6 is 0 Å². The molecule has 1 aliphatic heterocycles. The van der Waals surface area contributed by atoms with Gasteiger partial charge in [-0.1, -0.05) is 32.0 Å². The molecule has 0 saturated carbocycles. The second kappa shape index (κ2) is 5.60. The van der Waals surface area contributed by atoms with E-state index in [4.69, 9.17) is 4.74 Å². The zero-order chi connectivity index (χ0) is 15.7. The van der Waals surface area contributed by atoms with Crippen LogP contribution < -0.4 is 0 Å². The fraction of sp³-hybridized carbons (Fsp3) is 0.235. The van der Waals surface area contributed by atoms with E-state index in [2.05, 4.69) is 23.9 Å². The Balaban J connectivity index is 1.98. The Morgan fingerprint density at radius 3 is 2.64 bits per heavy atom. The molecule has 3 rings (SSSR count). The number of hydrogen-bond acceptors (Lipinski definition) is 4. The van der Waals surface area contributed by atoms with Crippen LogP contribution in [0.25, 0.3) is 6.08 Å². The number of aromatic nitrogens is 2. The van der Waals surface area contributed by atoms with Gasteiger partial charge in [-0.3, -0.25) is 4.68 Å². The number of ether oxygens (including phenoxy) is 1. The van der Waals surface area contributed by atoms with Crippen LogP contribution in [0.2, 0.25) is 0 Å². The van der Waals surface area contributed by atoms with Gasteiger partial charge in [0.2, 0.25) is 5.90 Å². The second-order valence-corrected chi connectivity index (χ2v) is 5.50. The molecule has 0 bridgehead atoms. The van der Waals surface area contributed by atoms with Gasteiger partial charge < -0.3 is 4.74 Å². The van der Waals surface area contributed by atoms with Crippen molar-refractivity contribution in [1.82, 2.24) is 9.78 Å². The summed E-state index contributed by atoms with van der Waals surface area (Å²) in [4.78, 5) is 16.3. The zero-order valence-electron chi connectivity index (χ0n) is 12.8. The number of benzene rings is 1. The molecule has 0 unspecified atom stereocenters. The Hall–Kier alpha value is -2.69. The quantitative estimate of drug-likeness (QED) is 0.646. The van der Waals surface area contributed by atoms with E-state index in [1.54, 1.807) is 10.8 Å². The predicted molar refractivity (Wildman–Crippen MR) is 84.3 cm³/mol. The molecule has 0 saturated heterocycles. The molecule has 2 heterocycles. The maximum atomic E-state index is 12.0. The van der Waals surface area contributed by atoms with Crippen LogP contribution in [-0.2, 0) is 16.6 Å². The molecular weight excluding hydrogens is 278 g/mol. The highest BCUT2D eigenvalue weighted by Crippen LogP contribution is 2.23. The molecule has 0 atom stereocenters. The lowest BCUT2D eigenvalue weighted by Gasteiger charge is -2.00. The molecule has 0 aliphatic carbocycles. The summed E-state index contributed by atoms with van der Waals surface area (Å²) < 4.78 is 6.99. The fourth-order valence-electron chi connectivity index (χ4n) is 2.34. The van der Waals surface area contributed by atoms with E-state index in [1.165, 1.54) is 0 Å². The molecule has 0 amide bonds. The number of aliphatic imine (C=N–C) groups is 1. The van der Waals surface area contributed by atoms with Crippen LogP contribution in [0.3, 0.4) is 0 Å². The summed E-state index contributed by atoms with van der Waals surface area (Å²) in [6, 6.07) is 9.39. The van der Waals surface area contributed by atoms with E-state index < -0.39 is 5.97 Å². The van der Waals surface area contributed by atoms with E-state index in [0.29, 0.717) is 11.6 Å². The van der Waals surface area contributed by atoms with Crippen molar-refractivity contribution >= 4 is 17.9 Å². The third kappa shape index (κ3) is 2.70. The molecule has 0 N–H and O–H groups in total. The van der Waals surface area contributed by atoms with Crippen molar-refractivity contribution in [1.29, 1.82) is 0 Å². The minimum Gasteiger partial charge on any atom is -0.402 e. The van der Waals surface area contributed by atoms with Crippen molar-refractivity contribution in [2.75, 3.05) is 0 Å². The first kappa shape index (κ1) is 14.3. The van der Waals surface area contributed by atoms with Crippen molar-refractivity contribution in [3.8, 4) is 0 Å². The summed E-state index contributed by atoms with van der Waals surface area (Å²) in [7, 11) is 1.86. The largest absolute Gasteiger partial charge is 0.402 e. The molecule has 0 fully saturated rings. The number of nitrogens with zero attached hydrogens (tertiary/aromatic N) is 3. The Morgan fingerprint density at radius 1 is 1.23 bits per heavy atom. The fourth-order valence-corrected chi connectivity index (χ4v) is 2.34. The first-order valence-electron chi connectivity index (χ1n) is 7.16. The van der Waals surface area contributed by atoms with E-state index in [0.717, 1.165) is 16.8 Å². The van der Waals surface area contributed by atoms with Gasteiger partial charge in [0.25, 0.3) is 0 Å². The average molecular weight is 295 g/mol. The molecule has 0 spiro atoms. The second-order valence-electron chi connectivity index (χ2n) is 5.50. The van der Waals surface area contributed by atoms with Gasteiger partial charge in [-0.05, 0) is 24.1 Å². The molecule has 1 aromatic carbocycles. The predicted octanol–water partition coefficient (Wildman–Crippen LogP) is 2.89. The van der Waals surface area contributed by atoms with E-state index in [1.807, 2.05) is 43.6 Å². The molecule has 5 heteroatoms. The summed E-state index contributed by atoms with van der Waals surface area (Å²) >= 11 is 0. The first-order valence-corrected chi connectivity index (χ1v) is 7.16. The van der Waals surface area contributed by atoms with Gasteiger partial charge in [-0.15, -0.1) is 0 Å². The Bertz CT molecular complexity index is 770. The number of carbonyl (C=O) groups excluding carboxylic acids is 1. The van der Waals surface area contributed by atoms with Gasteiger partial charge in [0.15, 0.2) is 5.70 Å². The summed E-state index contributed by atoms with van der Waals surface area (Å²) in [5.74, 6) is 0.173. The first-order chi connectivity index (χ1) is 10.5. The Labute approximate surface area is 128 Å². The van der Waals surface area contributed by atoms with Gasteiger partial charge in [0.1, 0.15) is 0 Å². The minimum absolute atomic E-state index is 0.267. The highest BCUT2D eigenvalue weighted by Gasteiger charge is 2.24. The molecule has 112 valence electrons. The zero-order valence-corrected chi connectivity index (χ0v) is 12.8. The highest BCUT2D eigenvalue weighted by atomic mass is 16.6. The summed E-state index contributed by atoms with van der Waals surface area (Å²) in [6.07, 6.45) is 3.62. The van der Waals surface area contributed by atoms with Crippen LogP contribution in [0, 0.1) is 0 Å². The molecule has 1 aliphatic rings. The van der Waals surface area contributed by atoms with Crippen molar-refractivity contribution in [2.45, 2.75) is 19.8 Å². The molecular formula is C17H17N3O2. The lowest BCUT2D eigenvalue weighted by atomic mass is 10.1. The van der Waals surface area contributed by atoms with Gasteiger partial charge in [0, 0.05) is 24.4 Å². The maximum Gasteiger partial charge on any atom is 0.363 e. The molecule has 22 heavy (non-hydrogen) atoms. The smallest absolute Gasteiger partial charge is 0.363 e. The lowest BCUT2D eigenvalue weighted by molar-refractivity contribution is -0.129. The van der Waals surface area contributed by atoms with E-state index in [-0.39, 0.29) is 5.92 Å². The average Bonchev–Trinajstić information content (AvgIpc) is 3.04. The number of carbonyl (C=O) groups is 1. The molecule has 5 nitrogen and oxygen atoms in total. The minimum atomic E-state index is -0.433. The summed E-state index contributed by atoms with van der Waals surface area (Å²) in [6.45, 7) is 4.13. The van der Waals surface area contributed by atoms with Crippen molar-refractivity contribution in [3.63, 3.8) is 0 Å². The highest BCUT2D eigenvalue weighted by molar-refractivity contribution is 6.12. The lowest BCUT2D eigenvalue weighted by Crippen LogP contribution is -2.05. The molecule has 2 aromatic rings.